The largest absolute Gasteiger partial charge is 0.481 e. The Morgan fingerprint density at radius 3 is 2.38 bits per heavy atom. The van der Waals surface area contributed by atoms with E-state index in [0.29, 0.717) is 42.1 Å². The van der Waals surface area contributed by atoms with Gasteiger partial charge in [-0.15, -0.1) is 0 Å². The molecule has 1 fully saturated rings. The van der Waals surface area contributed by atoms with Gasteiger partial charge in [-0.3, -0.25) is 14.4 Å². The quantitative estimate of drug-likeness (QED) is 0.334. The van der Waals surface area contributed by atoms with E-state index in [0.717, 1.165) is 11.3 Å². The SMILES string of the molecule is CC.CC(C)(CCc1ccc(C(=O)CN2CCC(C(=O)Nc3ccc(Cl)cc3)C3NC=CC=C32)cc1)C(=O)O. The van der Waals surface area contributed by atoms with Crippen molar-refractivity contribution >= 4 is 34.9 Å². The number of piperidine rings is 1. The molecule has 2 atom stereocenters. The Kier molecular flexibility index (Phi) is 10.4. The minimum atomic E-state index is -0.815. The number of Topliss-reactive ketones (excluding diaryl/α,β-unsaturated/α-hetero) is 1. The number of carbonyl (C=O) groups excluding carboxylic acids is 2. The molecule has 2 unspecified atom stereocenters. The third kappa shape index (κ3) is 7.73. The minimum absolute atomic E-state index is 0.00400. The number of halogens is 1. The molecule has 4 rings (SSSR count). The Morgan fingerprint density at radius 2 is 1.74 bits per heavy atom. The van der Waals surface area contributed by atoms with Gasteiger partial charge in [-0.05, 0) is 81.3 Å². The van der Waals surface area contributed by atoms with Crippen LogP contribution in [-0.4, -0.2) is 46.8 Å². The number of hydrogen-bond donors (Lipinski definition) is 3. The van der Waals surface area contributed by atoms with Gasteiger partial charge in [0.25, 0.3) is 0 Å². The molecule has 208 valence electrons. The summed E-state index contributed by atoms with van der Waals surface area (Å²) in [5.74, 6) is -1.18. The summed E-state index contributed by atoms with van der Waals surface area (Å²) >= 11 is 5.95. The lowest BCUT2D eigenvalue weighted by molar-refractivity contribution is -0.147. The number of likely N-dealkylation sites (tertiary alicyclic amines) is 1. The normalized spacial score (nSPS) is 18.1. The third-order valence-corrected chi connectivity index (χ3v) is 7.36. The van der Waals surface area contributed by atoms with Crippen molar-refractivity contribution in [2.24, 2.45) is 11.3 Å². The molecule has 8 heteroatoms. The Bertz CT molecular complexity index is 1220. The van der Waals surface area contributed by atoms with E-state index in [1.807, 2.05) is 61.4 Å². The van der Waals surface area contributed by atoms with E-state index >= 15 is 0 Å². The first kappa shape index (κ1) is 30.0. The number of hydrogen-bond acceptors (Lipinski definition) is 5. The van der Waals surface area contributed by atoms with Crippen LogP contribution in [0.4, 0.5) is 5.69 Å². The van der Waals surface area contributed by atoms with Crippen LogP contribution in [0.2, 0.25) is 5.02 Å². The van der Waals surface area contributed by atoms with Crippen molar-refractivity contribution in [1.82, 2.24) is 10.2 Å². The van der Waals surface area contributed by atoms with Crippen LogP contribution in [0.3, 0.4) is 0 Å². The Labute approximate surface area is 235 Å². The van der Waals surface area contributed by atoms with E-state index in [1.165, 1.54) is 0 Å². The minimum Gasteiger partial charge on any atom is -0.481 e. The number of rotatable bonds is 9. The number of nitrogens with zero attached hydrogens (tertiary/aromatic N) is 1. The predicted octanol–water partition coefficient (Wildman–Crippen LogP) is 5.92. The van der Waals surface area contributed by atoms with Gasteiger partial charge in [-0.25, -0.2) is 0 Å². The van der Waals surface area contributed by atoms with Crippen molar-refractivity contribution in [2.75, 3.05) is 18.4 Å². The van der Waals surface area contributed by atoms with Crippen LogP contribution in [0.1, 0.15) is 56.5 Å². The monoisotopic (exact) mass is 551 g/mol. The van der Waals surface area contributed by atoms with Crippen LogP contribution < -0.4 is 10.6 Å². The molecule has 3 N–H and O–H groups in total. The zero-order valence-electron chi connectivity index (χ0n) is 23.0. The number of nitrogens with one attached hydrogen (secondary N) is 2. The van der Waals surface area contributed by atoms with Gasteiger partial charge in [-0.2, -0.15) is 0 Å². The highest BCUT2D eigenvalue weighted by Gasteiger charge is 2.38. The molecule has 1 saturated heterocycles. The maximum absolute atomic E-state index is 13.1. The summed E-state index contributed by atoms with van der Waals surface area (Å²) in [5, 5.41) is 16.2. The van der Waals surface area contributed by atoms with Crippen LogP contribution in [-0.2, 0) is 16.0 Å². The fraction of sp³-hybridized carbons (Fsp3) is 0.387. The fourth-order valence-corrected chi connectivity index (χ4v) is 4.74. The molecule has 0 saturated carbocycles. The topological polar surface area (TPSA) is 98.7 Å². The molecule has 0 bridgehead atoms. The average Bonchev–Trinajstić information content (AvgIpc) is 2.94. The van der Waals surface area contributed by atoms with Crippen LogP contribution in [0.15, 0.2) is 72.6 Å². The highest BCUT2D eigenvalue weighted by atomic mass is 35.5. The molecule has 2 aromatic rings. The Morgan fingerprint density at radius 1 is 1.08 bits per heavy atom. The maximum atomic E-state index is 13.1. The van der Waals surface area contributed by atoms with Gasteiger partial charge in [0.2, 0.25) is 5.91 Å². The second-order valence-electron chi connectivity index (χ2n) is 10.2. The highest BCUT2D eigenvalue weighted by Crippen LogP contribution is 2.30. The highest BCUT2D eigenvalue weighted by molar-refractivity contribution is 6.30. The van der Waals surface area contributed by atoms with Crippen molar-refractivity contribution in [2.45, 2.75) is 53.0 Å². The van der Waals surface area contributed by atoms with Crippen molar-refractivity contribution in [3.63, 3.8) is 0 Å². The molecular weight excluding hydrogens is 514 g/mol. The molecule has 7 nitrogen and oxygen atoms in total. The van der Waals surface area contributed by atoms with Gasteiger partial charge in [0.1, 0.15) is 0 Å². The lowest BCUT2D eigenvalue weighted by Gasteiger charge is -2.42. The Hall–Kier alpha value is -3.58. The molecule has 0 radical (unpaired) electrons. The van der Waals surface area contributed by atoms with E-state index in [4.69, 9.17) is 11.6 Å². The fourth-order valence-electron chi connectivity index (χ4n) is 4.62. The zero-order chi connectivity index (χ0) is 28.6. The number of anilines is 1. The first-order valence-corrected chi connectivity index (χ1v) is 13.8. The molecule has 2 aromatic carbocycles. The van der Waals surface area contributed by atoms with E-state index in [2.05, 4.69) is 10.6 Å². The van der Waals surface area contributed by atoms with Crippen LogP contribution in [0.25, 0.3) is 0 Å². The maximum Gasteiger partial charge on any atom is 0.309 e. The van der Waals surface area contributed by atoms with Crippen molar-refractivity contribution < 1.29 is 19.5 Å². The molecule has 0 spiro atoms. The van der Waals surface area contributed by atoms with Crippen LogP contribution in [0, 0.1) is 11.3 Å². The van der Waals surface area contributed by atoms with E-state index < -0.39 is 11.4 Å². The number of fused-ring (bicyclic) bond motifs is 1. The predicted molar refractivity (Wildman–Crippen MR) is 156 cm³/mol. The van der Waals surface area contributed by atoms with Gasteiger partial charge in [0.05, 0.1) is 23.9 Å². The molecular formula is C31H38ClN3O4. The van der Waals surface area contributed by atoms with Gasteiger partial charge in [-0.1, -0.05) is 49.7 Å². The number of carboxylic acid groups (broad SMARTS) is 1. The van der Waals surface area contributed by atoms with Crippen molar-refractivity contribution in [1.29, 1.82) is 0 Å². The molecule has 1 amide bonds. The molecule has 2 heterocycles. The summed E-state index contributed by atoms with van der Waals surface area (Å²) in [6.07, 6.45) is 7.43. The van der Waals surface area contributed by atoms with E-state index in [1.54, 1.807) is 38.1 Å². The standard InChI is InChI=1S/C29H32ClN3O4.C2H6/c1-29(2,28(36)37)15-13-19-5-7-20(8-6-19)25(34)18-33-17-14-23(26-24(33)4-3-16-31-26)27(35)32-22-11-9-21(30)10-12-22;1-2/h3-12,16,23,26,31H,13-15,17-18H2,1-2H3,(H,32,35)(H,36,37);1-2H3. The first-order chi connectivity index (χ1) is 18.6. The van der Waals surface area contributed by atoms with Gasteiger partial charge >= 0.3 is 5.97 Å². The zero-order valence-corrected chi connectivity index (χ0v) is 23.8. The summed E-state index contributed by atoms with van der Waals surface area (Å²) in [6, 6.07) is 14.2. The molecule has 2 aliphatic rings. The lowest BCUT2D eigenvalue weighted by atomic mass is 9.86. The van der Waals surface area contributed by atoms with Gasteiger partial charge in [0.15, 0.2) is 5.78 Å². The average molecular weight is 552 g/mol. The van der Waals surface area contributed by atoms with E-state index in [-0.39, 0.29) is 30.2 Å². The van der Waals surface area contributed by atoms with E-state index in [9.17, 15) is 19.5 Å². The second kappa shape index (κ2) is 13.5. The molecule has 2 aliphatic heterocycles. The van der Waals surface area contributed by atoms with Crippen molar-refractivity contribution in [3.05, 3.63) is 88.7 Å². The summed E-state index contributed by atoms with van der Waals surface area (Å²) in [7, 11) is 0. The molecule has 0 aliphatic carbocycles. The first-order valence-electron chi connectivity index (χ1n) is 13.4. The number of carboxylic acids is 1. The number of dihydropyridines is 1. The lowest BCUT2D eigenvalue weighted by Crippen LogP contribution is -2.53. The number of carbonyl (C=O) groups is 3. The molecule has 39 heavy (non-hydrogen) atoms. The molecule has 0 aromatic heterocycles. The van der Waals surface area contributed by atoms with Gasteiger partial charge < -0.3 is 20.6 Å². The third-order valence-electron chi connectivity index (χ3n) is 7.11. The van der Waals surface area contributed by atoms with Crippen molar-refractivity contribution in [3.8, 4) is 0 Å². The number of ketones is 1. The second-order valence-corrected chi connectivity index (χ2v) is 10.7. The van der Waals surface area contributed by atoms with Crippen LogP contribution >= 0.6 is 11.6 Å². The number of aryl methyl sites for hydroxylation is 1. The smallest absolute Gasteiger partial charge is 0.309 e. The number of allylic oxidation sites excluding steroid dienone is 2. The van der Waals surface area contributed by atoms with Crippen LogP contribution in [0.5, 0.6) is 0 Å². The number of aliphatic carboxylic acids is 1. The summed E-state index contributed by atoms with van der Waals surface area (Å²) in [6.45, 7) is 8.24. The number of benzene rings is 2. The summed E-state index contributed by atoms with van der Waals surface area (Å²) in [4.78, 5) is 39.6. The number of amides is 1. The van der Waals surface area contributed by atoms with Gasteiger partial charge in [0, 0.05) is 28.5 Å². The summed E-state index contributed by atoms with van der Waals surface area (Å²) < 4.78 is 0. The Balaban J connectivity index is 0.00000205. The summed E-state index contributed by atoms with van der Waals surface area (Å²) in [5.41, 5.74) is 2.44.